The Morgan fingerprint density at radius 3 is 2.30 bits per heavy atom. The van der Waals surface area contributed by atoms with Crippen molar-refractivity contribution in [2.24, 2.45) is 36.3 Å². The summed E-state index contributed by atoms with van der Waals surface area (Å²) >= 11 is 0. The number of guanidine groups is 1. The molecule has 0 aromatic carbocycles. The van der Waals surface area contributed by atoms with Crippen LogP contribution in [0.15, 0.2) is 29.6 Å². The number of rotatable bonds is 9. The van der Waals surface area contributed by atoms with Crippen molar-refractivity contribution in [3.8, 4) is 0 Å². The second-order valence-electron chi connectivity index (χ2n) is 6.75. The maximum atomic E-state index is 12.8. The van der Waals surface area contributed by atoms with Gasteiger partial charge in [0.2, 0.25) is 5.91 Å². The van der Waals surface area contributed by atoms with Gasteiger partial charge in [0.15, 0.2) is 5.96 Å². The first-order chi connectivity index (χ1) is 14.6. The fourth-order valence-corrected chi connectivity index (χ4v) is 2.68. The molecule has 10 N–H and O–H groups in total. The number of carbonyl (C=O) groups excluding carboxylic acids is 3. The standard InChI is InChI=1S/C18H26N10O3.2ClH/c1-27-8-11(16(30)23-4-3-14(19)20)12(9-27)26-17(31)13-5-10(7-28(13)2)25-15(29)6-24-18(21)22;;/h5,7-9H,3-4,6H2,1-2H3,(H3,19,20)(H,23,30)(H,25,29)(H,26,31)(H4,21,22,24);2*1H. The Bertz CT molecular complexity index is 1040. The van der Waals surface area contributed by atoms with Crippen LogP contribution < -0.4 is 33.2 Å². The van der Waals surface area contributed by atoms with Crippen molar-refractivity contribution in [2.75, 3.05) is 23.7 Å². The lowest BCUT2D eigenvalue weighted by Gasteiger charge is -2.08. The number of aliphatic imine (C=N–C) groups is 1. The summed E-state index contributed by atoms with van der Waals surface area (Å²) in [6.07, 6.45) is 4.95. The van der Waals surface area contributed by atoms with Gasteiger partial charge >= 0.3 is 0 Å². The van der Waals surface area contributed by atoms with Crippen molar-refractivity contribution in [1.82, 2.24) is 14.5 Å². The number of hydrogen-bond donors (Lipinski definition) is 7. The van der Waals surface area contributed by atoms with Crippen LogP contribution in [0, 0.1) is 5.41 Å². The van der Waals surface area contributed by atoms with E-state index < -0.39 is 17.7 Å². The third kappa shape index (κ3) is 8.74. The molecule has 0 saturated heterocycles. The quantitative estimate of drug-likeness (QED) is 0.181. The monoisotopic (exact) mass is 502 g/mol. The van der Waals surface area contributed by atoms with Gasteiger partial charge in [-0.05, 0) is 6.07 Å². The molecule has 0 unspecified atom stereocenters. The topological polar surface area (TPSA) is 211 Å². The third-order valence-corrected chi connectivity index (χ3v) is 4.05. The first-order valence-corrected chi connectivity index (χ1v) is 9.16. The number of amides is 3. The van der Waals surface area contributed by atoms with Crippen molar-refractivity contribution in [2.45, 2.75) is 6.42 Å². The van der Waals surface area contributed by atoms with Crippen molar-refractivity contribution in [1.29, 1.82) is 5.41 Å². The lowest BCUT2D eigenvalue weighted by molar-refractivity contribution is -0.114. The minimum atomic E-state index is -0.476. The second-order valence-corrected chi connectivity index (χ2v) is 6.75. The van der Waals surface area contributed by atoms with E-state index in [-0.39, 0.29) is 67.4 Å². The molecule has 13 nitrogen and oxygen atoms in total. The Morgan fingerprint density at radius 1 is 1.03 bits per heavy atom. The zero-order valence-corrected chi connectivity index (χ0v) is 19.7. The lowest BCUT2D eigenvalue weighted by Crippen LogP contribution is -2.28. The number of anilines is 2. The number of hydrogen-bond acceptors (Lipinski definition) is 5. The van der Waals surface area contributed by atoms with Crippen LogP contribution in [0.1, 0.15) is 27.3 Å². The zero-order chi connectivity index (χ0) is 23.1. The molecule has 0 atom stereocenters. The molecule has 2 aromatic heterocycles. The van der Waals surface area contributed by atoms with E-state index in [0.717, 1.165) is 0 Å². The molecule has 15 heteroatoms. The second kappa shape index (κ2) is 13.0. The summed E-state index contributed by atoms with van der Waals surface area (Å²) in [7, 11) is 3.36. The molecule has 3 amide bonds. The number of halogens is 2. The first-order valence-electron chi connectivity index (χ1n) is 9.16. The number of aromatic nitrogens is 2. The Balaban J connectivity index is 0.00000512. The maximum absolute atomic E-state index is 12.8. The third-order valence-electron chi connectivity index (χ3n) is 4.05. The summed E-state index contributed by atoms with van der Waals surface area (Å²) in [6, 6.07) is 1.48. The average molecular weight is 503 g/mol. The molecule has 0 radical (unpaired) electrons. The zero-order valence-electron chi connectivity index (χ0n) is 18.0. The van der Waals surface area contributed by atoms with E-state index in [9.17, 15) is 14.4 Å². The molecule has 2 heterocycles. The van der Waals surface area contributed by atoms with Gasteiger partial charge in [-0.25, -0.2) is 4.99 Å². The Hall–Kier alpha value is -3.71. The predicted molar refractivity (Wildman–Crippen MR) is 131 cm³/mol. The van der Waals surface area contributed by atoms with Crippen LogP contribution in [0.25, 0.3) is 0 Å². The summed E-state index contributed by atoms with van der Waals surface area (Å²) in [4.78, 5) is 40.6. The molecule has 182 valence electrons. The molecule has 0 aliphatic heterocycles. The molecule has 0 bridgehead atoms. The predicted octanol–water partition coefficient (Wildman–Crippen LogP) is -0.273. The summed E-state index contributed by atoms with van der Waals surface area (Å²) in [6.45, 7) is -0.0396. The normalized spacial score (nSPS) is 9.64. The van der Waals surface area contributed by atoms with Gasteiger partial charge in [0.1, 0.15) is 12.2 Å². The van der Waals surface area contributed by atoms with Gasteiger partial charge in [-0.2, -0.15) is 0 Å². The molecule has 0 fully saturated rings. The van der Waals surface area contributed by atoms with Gasteiger partial charge in [0.05, 0.1) is 22.8 Å². The number of carbonyl (C=O) groups is 3. The molecule has 0 aliphatic rings. The van der Waals surface area contributed by atoms with E-state index in [0.29, 0.717) is 11.4 Å². The Kier molecular flexibility index (Phi) is 11.5. The lowest BCUT2D eigenvalue weighted by atomic mass is 10.2. The van der Waals surface area contributed by atoms with Crippen LogP contribution in [-0.2, 0) is 18.9 Å². The van der Waals surface area contributed by atoms with E-state index in [4.69, 9.17) is 22.6 Å². The Morgan fingerprint density at radius 2 is 1.70 bits per heavy atom. The number of nitrogens with one attached hydrogen (secondary N) is 4. The SMILES string of the molecule is Cl.Cl.Cn1cc(NC(=O)c2cc(NC(=O)CN=C(N)N)cn2C)c(C(=O)NCCC(=N)N)c1. The van der Waals surface area contributed by atoms with Crippen molar-refractivity contribution in [3.63, 3.8) is 0 Å². The van der Waals surface area contributed by atoms with E-state index in [1.165, 1.54) is 10.6 Å². The van der Waals surface area contributed by atoms with Crippen LogP contribution in [0.2, 0.25) is 0 Å². The molecule has 2 rings (SSSR count). The van der Waals surface area contributed by atoms with E-state index in [2.05, 4.69) is 20.9 Å². The summed E-state index contributed by atoms with van der Waals surface area (Å²) in [5.41, 5.74) is 16.9. The highest BCUT2D eigenvalue weighted by atomic mass is 35.5. The number of nitrogens with two attached hydrogens (primary N) is 3. The highest BCUT2D eigenvalue weighted by molar-refractivity contribution is 6.09. The van der Waals surface area contributed by atoms with Crippen LogP contribution in [-0.4, -0.2) is 51.7 Å². The van der Waals surface area contributed by atoms with Gasteiger partial charge in [-0.3, -0.25) is 19.8 Å². The highest BCUT2D eigenvalue weighted by Crippen LogP contribution is 2.19. The van der Waals surface area contributed by atoms with E-state index in [1.807, 2.05) is 0 Å². The largest absolute Gasteiger partial charge is 0.388 e. The first kappa shape index (κ1) is 29.3. The maximum Gasteiger partial charge on any atom is 0.272 e. The van der Waals surface area contributed by atoms with Crippen molar-refractivity contribution >= 4 is 65.7 Å². The number of aryl methyl sites for hydroxylation is 2. The van der Waals surface area contributed by atoms with Gasteiger partial charge in [0.25, 0.3) is 11.8 Å². The molecular weight excluding hydrogens is 475 g/mol. The highest BCUT2D eigenvalue weighted by Gasteiger charge is 2.19. The summed E-state index contributed by atoms with van der Waals surface area (Å²) < 4.78 is 3.16. The van der Waals surface area contributed by atoms with Gasteiger partial charge in [-0.1, -0.05) is 0 Å². The summed E-state index contributed by atoms with van der Waals surface area (Å²) in [5.74, 6) is -1.56. The van der Waals surface area contributed by atoms with Gasteiger partial charge in [-0.15, -0.1) is 24.8 Å². The number of nitrogens with zero attached hydrogens (tertiary/aromatic N) is 3. The van der Waals surface area contributed by atoms with Crippen LogP contribution in [0.3, 0.4) is 0 Å². The van der Waals surface area contributed by atoms with Crippen LogP contribution >= 0.6 is 24.8 Å². The molecule has 0 aliphatic carbocycles. The fourth-order valence-electron chi connectivity index (χ4n) is 2.68. The van der Waals surface area contributed by atoms with Crippen molar-refractivity contribution < 1.29 is 14.4 Å². The Labute approximate surface area is 202 Å². The van der Waals surface area contributed by atoms with Gasteiger partial charge < -0.3 is 42.3 Å². The minimum Gasteiger partial charge on any atom is -0.388 e. The smallest absolute Gasteiger partial charge is 0.272 e. The van der Waals surface area contributed by atoms with Crippen molar-refractivity contribution in [3.05, 3.63) is 35.9 Å². The van der Waals surface area contributed by atoms with E-state index >= 15 is 0 Å². The molecule has 2 aromatic rings. The van der Waals surface area contributed by atoms with Gasteiger partial charge in [0, 0.05) is 45.7 Å². The average Bonchev–Trinajstić information content (AvgIpc) is 3.21. The van der Waals surface area contributed by atoms with Crippen LogP contribution in [0.4, 0.5) is 11.4 Å². The minimum absolute atomic E-state index is 0. The molecule has 0 saturated carbocycles. The van der Waals surface area contributed by atoms with E-state index in [1.54, 1.807) is 37.3 Å². The fraction of sp³-hybridized carbons (Fsp3) is 0.278. The molecule has 0 spiro atoms. The number of amidine groups is 1. The molecule has 33 heavy (non-hydrogen) atoms. The molecular formula is C18H28Cl2N10O3. The summed E-state index contributed by atoms with van der Waals surface area (Å²) in [5, 5.41) is 15.1. The van der Waals surface area contributed by atoms with Crippen LogP contribution in [0.5, 0.6) is 0 Å².